The third kappa shape index (κ3) is 4.06. The van der Waals surface area contributed by atoms with E-state index in [-0.39, 0.29) is 18.1 Å². The Balaban J connectivity index is 1.59. The molecule has 0 spiro atoms. The van der Waals surface area contributed by atoms with Crippen LogP contribution in [0.3, 0.4) is 0 Å². The lowest BCUT2D eigenvalue weighted by Gasteiger charge is -2.17. The van der Waals surface area contributed by atoms with Gasteiger partial charge in [0.25, 0.3) is 5.91 Å². The molecule has 1 aliphatic rings. The number of pyridine rings is 1. The van der Waals surface area contributed by atoms with Gasteiger partial charge >= 0.3 is 0 Å². The van der Waals surface area contributed by atoms with Gasteiger partial charge in [0.15, 0.2) is 0 Å². The zero-order valence-electron chi connectivity index (χ0n) is 13.5. The summed E-state index contributed by atoms with van der Waals surface area (Å²) in [5.74, 6) is -0.0914. The molecule has 1 saturated heterocycles. The van der Waals surface area contributed by atoms with Gasteiger partial charge in [0.2, 0.25) is 0 Å². The average Bonchev–Trinajstić information content (AvgIpc) is 3.05. The van der Waals surface area contributed by atoms with Crippen LogP contribution in [-0.2, 0) is 9.47 Å². The number of carbonyl (C=O) groups excluding carboxylic acids is 1. The van der Waals surface area contributed by atoms with Gasteiger partial charge in [-0.25, -0.2) is 0 Å². The first-order valence-corrected chi connectivity index (χ1v) is 7.99. The molecule has 5 heteroatoms. The minimum atomic E-state index is -0.0914. The highest BCUT2D eigenvalue weighted by molar-refractivity contribution is 5.98. The number of fused-ring (bicyclic) bond motifs is 1. The highest BCUT2D eigenvalue weighted by Crippen LogP contribution is 2.15. The number of rotatable bonds is 5. The molecule has 1 aromatic carbocycles. The van der Waals surface area contributed by atoms with Crippen LogP contribution in [0.5, 0.6) is 0 Å². The predicted molar refractivity (Wildman–Crippen MR) is 88.6 cm³/mol. The molecule has 5 nitrogen and oxygen atoms in total. The topological polar surface area (TPSA) is 60.5 Å². The summed E-state index contributed by atoms with van der Waals surface area (Å²) in [6.07, 6.45) is 1.09. The number of ether oxygens (including phenoxy) is 2. The number of amides is 1. The quantitative estimate of drug-likeness (QED) is 0.921. The maximum absolute atomic E-state index is 12.4. The molecule has 0 radical (unpaired) electrons. The number of carbonyl (C=O) groups is 1. The fourth-order valence-corrected chi connectivity index (χ4v) is 2.64. The lowest BCUT2D eigenvalue weighted by Crippen LogP contribution is -2.37. The highest BCUT2D eigenvalue weighted by Gasteiger charge is 2.18. The van der Waals surface area contributed by atoms with Gasteiger partial charge in [-0.3, -0.25) is 9.78 Å². The van der Waals surface area contributed by atoms with Crippen molar-refractivity contribution < 1.29 is 14.3 Å². The van der Waals surface area contributed by atoms with Crippen molar-refractivity contribution in [3.05, 3.63) is 41.6 Å². The van der Waals surface area contributed by atoms with Gasteiger partial charge in [-0.05, 0) is 44.5 Å². The van der Waals surface area contributed by atoms with E-state index in [0.29, 0.717) is 18.8 Å². The Bertz CT molecular complexity index is 696. The molecule has 1 fully saturated rings. The predicted octanol–water partition coefficient (Wildman–Crippen LogP) is 2.47. The molecule has 2 aromatic rings. The van der Waals surface area contributed by atoms with E-state index in [1.54, 1.807) is 0 Å². The lowest BCUT2D eigenvalue weighted by molar-refractivity contribution is 0.0318. The second-order valence-electron chi connectivity index (χ2n) is 6.05. The molecular weight excluding hydrogens is 292 g/mol. The number of nitrogens with one attached hydrogen (secondary N) is 1. The van der Waals surface area contributed by atoms with Crippen molar-refractivity contribution in [3.63, 3.8) is 0 Å². The molecule has 3 rings (SSSR count). The maximum atomic E-state index is 12.4. The van der Waals surface area contributed by atoms with Crippen LogP contribution >= 0.6 is 0 Å². The molecule has 0 saturated carbocycles. The van der Waals surface area contributed by atoms with Crippen molar-refractivity contribution in [1.82, 2.24) is 10.3 Å². The summed E-state index contributed by atoms with van der Waals surface area (Å²) < 4.78 is 11.0. The van der Waals surface area contributed by atoms with Crippen LogP contribution in [0, 0.1) is 6.92 Å². The summed E-state index contributed by atoms with van der Waals surface area (Å²) in [7, 11) is 0. The van der Waals surface area contributed by atoms with Gasteiger partial charge in [-0.1, -0.05) is 6.07 Å². The third-order valence-corrected chi connectivity index (χ3v) is 3.94. The Labute approximate surface area is 136 Å². The number of benzene rings is 1. The average molecular weight is 314 g/mol. The smallest absolute Gasteiger partial charge is 0.251 e. The molecule has 0 aliphatic carbocycles. The molecular formula is C18H22N2O3. The van der Waals surface area contributed by atoms with E-state index in [1.165, 1.54) is 0 Å². The van der Waals surface area contributed by atoms with Gasteiger partial charge in [-0.2, -0.15) is 0 Å². The van der Waals surface area contributed by atoms with E-state index < -0.39 is 0 Å². The Hall–Kier alpha value is -1.98. The van der Waals surface area contributed by atoms with Gasteiger partial charge < -0.3 is 14.8 Å². The molecule has 2 heterocycles. The fraction of sp³-hybridized carbons (Fsp3) is 0.444. The number of aryl methyl sites for hydroxylation is 1. The van der Waals surface area contributed by atoms with Gasteiger partial charge in [0.1, 0.15) is 0 Å². The number of nitrogens with zero attached hydrogens (tertiary/aromatic N) is 1. The Morgan fingerprint density at radius 2 is 2.30 bits per heavy atom. The Morgan fingerprint density at radius 3 is 3.09 bits per heavy atom. The normalized spacial score (nSPS) is 19.0. The SMILES string of the molecule is Cc1ccc2cc(C(=O)NC(C)COC3CCOC3)ccc2n1. The van der Waals surface area contributed by atoms with E-state index >= 15 is 0 Å². The molecule has 1 amide bonds. The van der Waals surface area contributed by atoms with E-state index in [2.05, 4.69) is 10.3 Å². The first kappa shape index (κ1) is 15.9. The van der Waals surface area contributed by atoms with Gasteiger partial charge in [0.05, 0.1) is 24.8 Å². The second kappa shape index (κ2) is 7.06. The molecule has 0 bridgehead atoms. The summed E-state index contributed by atoms with van der Waals surface area (Å²) in [4.78, 5) is 16.8. The third-order valence-electron chi connectivity index (χ3n) is 3.94. The van der Waals surface area contributed by atoms with Crippen LogP contribution in [0.15, 0.2) is 30.3 Å². The van der Waals surface area contributed by atoms with E-state index in [9.17, 15) is 4.79 Å². The van der Waals surface area contributed by atoms with Crippen LogP contribution in [0.2, 0.25) is 0 Å². The van der Waals surface area contributed by atoms with Crippen LogP contribution < -0.4 is 5.32 Å². The zero-order valence-corrected chi connectivity index (χ0v) is 13.5. The maximum Gasteiger partial charge on any atom is 0.251 e. The van der Waals surface area contributed by atoms with Crippen LogP contribution in [0.1, 0.15) is 29.4 Å². The van der Waals surface area contributed by atoms with E-state index in [0.717, 1.165) is 29.6 Å². The van der Waals surface area contributed by atoms with Gasteiger partial charge in [-0.15, -0.1) is 0 Å². The molecule has 122 valence electrons. The van der Waals surface area contributed by atoms with Gasteiger partial charge in [0, 0.05) is 29.3 Å². The zero-order chi connectivity index (χ0) is 16.2. The molecule has 2 atom stereocenters. The number of aromatic nitrogens is 1. The summed E-state index contributed by atoms with van der Waals surface area (Å²) in [6.45, 7) is 5.80. The molecule has 1 N–H and O–H groups in total. The van der Waals surface area contributed by atoms with Crippen molar-refractivity contribution in [2.24, 2.45) is 0 Å². The minimum Gasteiger partial charge on any atom is -0.379 e. The van der Waals surface area contributed by atoms with Crippen molar-refractivity contribution in [3.8, 4) is 0 Å². The summed E-state index contributed by atoms with van der Waals surface area (Å²) in [6, 6.07) is 9.45. The fourth-order valence-electron chi connectivity index (χ4n) is 2.64. The van der Waals surface area contributed by atoms with Crippen LogP contribution in [0.25, 0.3) is 10.9 Å². The molecule has 1 aliphatic heterocycles. The van der Waals surface area contributed by atoms with Crippen molar-refractivity contribution in [1.29, 1.82) is 0 Å². The second-order valence-corrected chi connectivity index (χ2v) is 6.05. The van der Waals surface area contributed by atoms with E-state index in [4.69, 9.17) is 9.47 Å². The van der Waals surface area contributed by atoms with Crippen molar-refractivity contribution >= 4 is 16.8 Å². The number of hydrogen-bond donors (Lipinski definition) is 1. The lowest BCUT2D eigenvalue weighted by atomic mass is 10.1. The standard InChI is InChI=1S/C18H22N2O3/c1-12-3-4-14-9-15(5-6-17(14)19-12)18(21)20-13(2)10-23-16-7-8-22-11-16/h3-6,9,13,16H,7-8,10-11H2,1-2H3,(H,20,21). The van der Waals surface area contributed by atoms with Crippen LogP contribution in [-0.4, -0.2) is 42.9 Å². The van der Waals surface area contributed by atoms with Crippen molar-refractivity contribution in [2.45, 2.75) is 32.4 Å². The summed E-state index contributed by atoms with van der Waals surface area (Å²) in [5.41, 5.74) is 2.51. The number of hydrogen-bond acceptors (Lipinski definition) is 4. The summed E-state index contributed by atoms with van der Waals surface area (Å²) >= 11 is 0. The minimum absolute atomic E-state index is 0.0464. The first-order valence-electron chi connectivity index (χ1n) is 7.99. The summed E-state index contributed by atoms with van der Waals surface area (Å²) in [5, 5.41) is 3.94. The van der Waals surface area contributed by atoms with E-state index in [1.807, 2.05) is 44.2 Å². The van der Waals surface area contributed by atoms with Crippen molar-refractivity contribution in [2.75, 3.05) is 19.8 Å². The Kier molecular flexibility index (Phi) is 4.88. The molecule has 1 aromatic heterocycles. The van der Waals surface area contributed by atoms with Crippen LogP contribution in [0.4, 0.5) is 0 Å². The molecule has 23 heavy (non-hydrogen) atoms. The first-order chi connectivity index (χ1) is 11.1. The monoisotopic (exact) mass is 314 g/mol. The highest BCUT2D eigenvalue weighted by atomic mass is 16.5. The Morgan fingerprint density at radius 1 is 1.43 bits per heavy atom. The largest absolute Gasteiger partial charge is 0.379 e. The molecule has 2 unspecified atom stereocenters.